The first-order valence-electron chi connectivity index (χ1n) is 8.34. The minimum atomic E-state index is -0.861. The lowest BCUT2D eigenvalue weighted by Gasteiger charge is -2.11. The molecule has 1 amide bonds. The van der Waals surface area contributed by atoms with E-state index in [-0.39, 0.29) is 5.91 Å². The van der Waals surface area contributed by atoms with Gasteiger partial charge in [0.2, 0.25) is 5.82 Å². The number of rotatable bonds is 9. The second-order valence-electron chi connectivity index (χ2n) is 5.78. The lowest BCUT2D eigenvalue weighted by molar-refractivity contribution is -0.139. The molecule has 9 nitrogen and oxygen atoms in total. The highest BCUT2D eigenvalue weighted by molar-refractivity contribution is 5.94. The molecular formula is C17H22N6O3. The number of likely N-dealkylation sites (N-methyl/N-ethyl adjacent to an activating group) is 1. The average Bonchev–Trinajstić information content (AvgIpc) is 2.65. The Balaban J connectivity index is 1.79. The van der Waals surface area contributed by atoms with Crippen LogP contribution in [0.2, 0.25) is 0 Å². The summed E-state index contributed by atoms with van der Waals surface area (Å²) in [6, 6.07) is 6.32. The number of carboxylic acid groups (broad SMARTS) is 1. The summed E-state index contributed by atoms with van der Waals surface area (Å²) < 4.78 is 0. The van der Waals surface area contributed by atoms with E-state index in [9.17, 15) is 9.59 Å². The van der Waals surface area contributed by atoms with Crippen LogP contribution in [0.5, 0.6) is 0 Å². The van der Waals surface area contributed by atoms with Crippen LogP contribution in [0.3, 0.4) is 0 Å². The Bertz CT molecular complexity index is 733. The largest absolute Gasteiger partial charge is 0.480 e. The number of aryl methyl sites for hydroxylation is 1. The molecule has 9 heteroatoms. The lowest BCUT2D eigenvalue weighted by atomic mass is 10.1. The van der Waals surface area contributed by atoms with Gasteiger partial charge in [-0.2, -0.15) is 0 Å². The Hall–Kier alpha value is -2.94. The first kappa shape index (κ1) is 19.4. The Morgan fingerprint density at radius 3 is 2.31 bits per heavy atom. The van der Waals surface area contributed by atoms with Crippen molar-refractivity contribution in [3.8, 4) is 11.4 Å². The number of carbonyl (C=O) groups excluding carboxylic acids is 1. The minimum Gasteiger partial charge on any atom is -0.480 e. The number of benzene rings is 1. The minimum absolute atomic E-state index is 0.180. The molecule has 1 aromatic carbocycles. The Labute approximate surface area is 151 Å². The van der Waals surface area contributed by atoms with Crippen LogP contribution < -0.4 is 10.6 Å². The number of nitrogens with zero attached hydrogens (tertiary/aromatic N) is 4. The van der Waals surface area contributed by atoms with E-state index < -0.39 is 12.0 Å². The summed E-state index contributed by atoms with van der Waals surface area (Å²) >= 11 is 0. The lowest BCUT2D eigenvalue weighted by Crippen LogP contribution is -2.33. The third-order valence-corrected chi connectivity index (χ3v) is 3.84. The van der Waals surface area contributed by atoms with Crippen molar-refractivity contribution in [2.45, 2.75) is 32.2 Å². The monoisotopic (exact) mass is 358 g/mol. The molecule has 0 fully saturated rings. The molecule has 0 aliphatic heterocycles. The van der Waals surface area contributed by atoms with E-state index >= 15 is 0 Å². The third-order valence-electron chi connectivity index (χ3n) is 3.84. The van der Waals surface area contributed by atoms with E-state index in [0.29, 0.717) is 43.0 Å². The van der Waals surface area contributed by atoms with Gasteiger partial charge in [-0.25, -0.2) is 0 Å². The van der Waals surface area contributed by atoms with Crippen molar-refractivity contribution in [1.29, 1.82) is 0 Å². The zero-order valence-electron chi connectivity index (χ0n) is 14.8. The maximum Gasteiger partial charge on any atom is 0.320 e. The van der Waals surface area contributed by atoms with Crippen molar-refractivity contribution in [2.75, 3.05) is 13.6 Å². The number of aromatic nitrogens is 4. The highest BCUT2D eigenvalue weighted by Gasteiger charge is 2.13. The molecule has 0 bridgehead atoms. The van der Waals surface area contributed by atoms with Crippen molar-refractivity contribution in [1.82, 2.24) is 31.0 Å². The van der Waals surface area contributed by atoms with Gasteiger partial charge in [-0.15, -0.1) is 20.4 Å². The summed E-state index contributed by atoms with van der Waals surface area (Å²) in [5, 5.41) is 30.1. The van der Waals surface area contributed by atoms with E-state index in [1.807, 2.05) is 0 Å². The molecule has 2 aromatic rings. The fourth-order valence-corrected chi connectivity index (χ4v) is 2.33. The molecule has 0 spiro atoms. The highest BCUT2D eigenvalue weighted by Crippen LogP contribution is 2.14. The topological polar surface area (TPSA) is 130 Å². The number of nitrogens with one attached hydrogen (secondary N) is 2. The molecule has 1 atom stereocenters. The predicted octanol–water partition coefficient (Wildman–Crippen LogP) is 0.815. The van der Waals surface area contributed by atoms with E-state index in [1.54, 1.807) is 38.2 Å². The molecule has 138 valence electrons. The Kier molecular flexibility index (Phi) is 7.10. The van der Waals surface area contributed by atoms with E-state index in [1.165, 1.54) is 0 Å². The first-order valence-corrected chi connectivity index (χ1v) is 8.34. The number of carbonyl (C=O) groups is 2. The maximum atomic E-state index is 12.1. The van der Waals surface area contributed by atoms with Gasteiger partial charge in [-0.1, -0.05) is 12.1 Å². The van der Waals surface area contributed by atoms with Crippen molar-refractivity contribution in [2.24, 2.45) is 0 Å². The van der Waals surface area contributed by atoms with Gasteiger partial charge >= 0.3 is 5.97 Å². The van der Waals surface area contributed by atoms with Crippen molar-refractivity contribution in [3.05, 3.63) is 35.7 Å². The summed E-state index contributed by atoms with van der Waals surface area (Å²) in [4.78, 5) is 23.0. The van der Waals surface area contributed by atoms with Gasteiger partial charge in [0.25, 0.3) is 5.91 Å². The van der Waals surface area contributed by atoms with Crippen LogP contribution in [0.15, 0.2) is 24.3 Å². The van der Waals surface area contributed by atoms with Gasteiger partial charge < -0.3 is 15.7 Å². The number of carboxylic acids is 1. The second kappa shape index (κ2) is 9.52. The van der Waals surface area contributed by atoms with E-state index in [2.05, 4.69) is 31.0 Å². The zero-order chi connectivity index (χ0) is 18.9. The SMILES string of the molecule is CNC(CCCCNC(=O)c1ccc(-c2nnc(C)nn2)cc1)C(=O)O. The number of aliphatic carboxylic acids is 1. The Morgan fingerprint density at radius 2 is 1.73 bits per heavy atom. The number of hydrogen-bond acceptors (Lipinski definition) is 7. The summed E-state index contributed by atoms with van der Waals surface area (Å²) in [6.45, 7) is 2.20. The molecule has 1 unspecified atom stereocenters. The van der Waals surface area contributed by atoms with Gasteiger partial charge in [0.1, 0.15) is 6.04 Å². The van der Waals surface area contributed by atoms with Crippen LogP contribution in [0, 0.1) is 6.92 Å². The molecule has 26 heavy (non-hydrogen) atoms. The zero-order valence-corrected chi connectivity index (χ0v) is 14.8. The van der Waals surface area contributed by atoms with Crippen molar-refractivity contribution < 1.29 is 14.7 Å². The molecule has 1 aromatic heterocycles. The van der Waals surface area contributed by atoms with Gasteiger partial charge in [-0.3, -0.25) is 9.59 Å². The number of amides is 1. The third kappa shape index (κ3) is 5.55. The highest BCUT2D eigenvalue weighted by atomic mass is 16.4. The molecule has 0 aliphatic carbocycles. The number of unbranched alkanes of at least 4 members (excludes halogenated alkanes) is 1. The fourth-order valence-electron chi connectivity index (χ4n) is 2.33. The summed E-state index contributed by atoms with van der Waals surface area (Å²) in [7, 11) is 1.62. The fraction of sp³-hybridized carbons (Fsp3) is 0.412. The molecule has 3 N–H and O–H groups in total. The predicted molar refractivity (Wildman–Crippen MR) is 94.5 cm³/mol. The second-order valence-corrected chi connectivity index (χ2v) is 5.78. The first-order chi connectivity index (χ1) is 12.5. The van der Waals surface area contributed by atoms with Crippen molar-refractivity contribution in [3.63, 3.8) is 0 Å². The van der Waals surface area contributed by atoms with E-state index in [0.717, 1.165) is 5.56 Å². The van der Waals surface area contributed by atoms with Crippen LogP contribution in [-0.2, 0) is 4.79 Å². The summed E-state index contributed by atoms with van der Waals surface area (Å²) in [5.74, 6) is -0.144. The summed E-state index contributed by atoms with van der Waals surface area (Å²) in [5.41, 5.74) is 1.26. The smallest absolute Gasteiger partial charge is 0.320 e. The molecule has 0 saturated carbocycles. The van der Waals surface area contributed by atoms with E-state index in [4.69, 9.17) is 5.11 Å². The van der Waals surface area contributed by atoms with Crippen LogP contribution in [0.25, 0.3) is 11.4 Å². The van der Waals surface area contributed by atoms with Gasteiger partial charge in [-0.05, 0) is 45.4 Å². The van der Waals surface area contributed by atoms with Crippen LogP contribution >= 0.6 is 0 Å². The van der Waals surface area contributed by atoms with Gasteiger partial charge in [0.05, 0.1) is 0 Å². The normalized spacial score (nSPS) is 11.8. The average molecular weight is 358 g/mol. The summed E-state index contributed by atoms with van der Waals surface area (Å²) in [6.07, 6.45) is 1.95. The van der Waals surface area contributed by atoms with Gasteiger partial charge in [0, 0.05) is 17.7 Å². The van der Waals surface area contributed by atoms with Crippen LogP contribution in [0.1, 0.15) is 35.4 Å². The molecule has 0 radical (unpaired) electrons. The quantitative estimate of drug-likeness (QED) is 0.562. The molecule has 1 heterocycles. The van der Waals surface area contributed by atoms with Gasteiger partial charge in [0.15, 0.2) is 5.82 Å². The number of hydrogen-bond donors (Lipinski definition) is 3. The van der Waals surface area contributed by atoms with Crippen molar-refractivity contribution >= 4 is 11.9 Å². The van der Waals surface area contributed by atoms with Crippen LogP contribution in [-0.4, -0.2) is 57.0 Å². The molecule has 0 saturated heterocycles. The molecular weight excluding hydrogens is 336 g/mol. The Morgan fingerprint density at radius 1 is 1.08 bits per heavy atom. The molecule has 0 aliphatic rings. The standard InChI is InChI=1S/C17H22N6O3/c1-11-20-22-15(23-21-11)12-6-8-13(9-7-12)16(24)19-10-4-3-5-14(18-2)17(25)26/h6-9,14,18H,3-5,10H2,1-2H3,(H,19,24)(H,25,26). The maximum absolute atomic E-state index is 12.1. The van der Waals surface area contributed by atoms with Crippen LogP contribution in [0.4, 0.5) is 0 Å². The molecule has 2 rings (SSSR count).